The van der Waals surface area contributed by atoms with Crippen molar-refractivity contribution in [3.8, 4) is 0 Å². The first kappa shape index (κ1) is 19.3. The van der Waals surface area contributed by atoms with Crippen molar-refractivity contribution >= 4 is 23.0 Å². The van der Waals surface area contributed by atoms with E-state index in [2.05, 4.69) is 19.9 Å². The topological polar surface area (TPSA) is 96.3 Å². The molecule has 3 rings (SSSR count). The van der Waals surface area contributed by atoms with E-state index < -0.39 is 0 Å². The average molecular weight is 376 g/mol. The normalized spacial score (nSPS) is 16.5. The quantitative estimate of drug-likeness (QED) is 0.794. The van der Waals surface area contributed by atoms with Crippen molar-refractivity contribution in [2.24, 2.45) is 0 Å². The second-order valence-corrected chi connectivity index (χ2v) is 7.78. The minimum atomic E-state index is -0.269. The molecular formula is C18H28N6O3. The van der Waals surface area contributed by atoms with Gasteiger partial charge >= 0.3 is 5.97 Å². The monoisotopic (exact) mass is 376 g/mol. The number of carbonyl (C=O) groups is 1. The average Bonchev–Trinajstić information content (AvgIpc) is 2.90. The maximum atomic E-state index is 12.5. The van der Waals surface area contributed by atoms with E-state index in [-0.39, 0.29) is 17.1 Å². The standard InChI is InChI=1S/C18H28N6O3/c1-5-27-14(25)12-22-7-6-8-23(10-9-22)17-20-15-13(16(26)21-17)11-19-24(15)18(2,3)4/h11H,5-10,12H2,1-4H3,(H,20,21,26). The summed E-state index contributed by atoms with van der Waals surface area (Å²) in [6.45, 7) is 11.5. The van der Waals surface area contributed by atoms with Crippen LogP contribution in [0, 0.1) is 0 Å². The summed E-state index contributed by atoms with van der Waals surface area (Å²) in [4.78, 5) is 36.0. The number of rotatable bonds is 4. The summed E-state index contributed by atoms with van der Waals surface area (Å²) in [5.74, 6) is 0.351. The molecule has 3 heterocycles. The third-order valence-corrected chi connectivity index (χ3v) is 4.61. The van der Waals surface area contributed by atoms with Crippen LogP contribution in [0.25, 0.3) is 11.0 Å². The molecule has 1 saturated heterocycles. The van der Waals surface area contributed by atoms with Gasteiger partial charge < -0.3 is 9.64 Å². The molecule has 0 unspecified atom stereocenters. The van der Waals surface area contributed by atoms with E-state index in [1.165, 1.54) is 0 Å². The molecule has 1 fully saturated rings. The number of nitrogens with one attached hydrogen (secondary N) is 1. The van der Waals surface area contributed by atoms with Crippen LogP contribution in [0.4, 0.5) is 5.95 Å². The van der Waals surface area contributed by atoms with Gasteiger partial charge in [-0.2, -0.15) is 10.1 Å². The number of H-pyrrole nitrogens is 1. The molecular weight excluding hydrogens is 348 g/mol. The molecule has 148 valence electrons. The van der Waals surface area contributed by atoms with Crippen LogP contribution in [0.3, 0.4) is 0 Å². The van der Waals surface area contributed by atoms with Crippen molar-refractivity contribution in [1.82, 2.24) is 24.6 Å². The van der Waals surface area contributed by atoms with Crippen LogP contribution in [0.15, 0.2) is 11.0 Å². The first-order valence-electron chi connectivity index (χ1n) is 9.41. The molecule has 1 aliphatic rings. The third-order valence-electron chi connectivity index (χ3n) is 4.61. The Morgan fingerprint density at radius 2 is 2.04 bits per heavy atom. The largest absolute Gasteiger partial charge is 0.465 e. The maximum Gasteiger partial charge on any atom is 0.320 e. The Kier molecular flexibility index (Phi) is 5.50. The molecule has 0 aromatic carbocycles. The summed E-state index contributed by atoms with van der Waals surface area (Å²) >= 11 is 0. The Balaban J connectivity index is 1.81. The lowest BCUT2D eigenvalue weighted by molar-refractivity contribution is -0.144. The summed E-state index contributed by atoms with van der Waals surface area (Å²) in [7, 11) is 0. The first-order valence-corrected chi connectivity index (χ1v) is 9.41. The maximum absolute atomic E-state index is 12.5. The van der Waals surface area contributed by atoms with Crippen LogP contribution in [-0.2, 0) is 15.1 Å². The van der Waals surface area contributed by atoms with E-state index in [4.69, 9.17) is 9.72 Å². The number of anilines is 1. The van der Waals surface area contributed by atoms with Gasteiger partial charge in [0.05, 0.1) is 24.9 Å². The van der Waals surface area contributed by atoms with Crippen LogP contribution in [0.1, 0.15) is 34.1 Å². The molecule has 2 aromatic heterocycles. The number of aromatic nitrogens is 4. The molecule has 0 spiro atoms. The van der Waals surface area contributed by atoms with Gasteiger partial charge in [-0.1, -0.05) is 0 Å². The molecule has 0 bridgehead atoms. The highest BCUT2D eigenvalue weighted by atomic mass is 16.5. The van der Waals surface area contributed by atoms with E-state index in [1.54, 1.807) is 10.9 Å². The SMILES string of the molecule is CCOC(=O)CN1CCCN(c2nc3c(cnn3C(C)(C)C)c(=O)[nH]2)CC1. The van der Waals surface area contributed by atoms with Crippen LogP contribution < -0.4 is 10.5 Å². The Morgan fingerprint density at radius 1 is 1.26 bits per heavy atom. The summed E-state index contributed by atoms with van der Waals surface area (Å²) in [5.41, 5.74) is 0.140. The van der Waals surface area contributed by atoms with Gasteiger partial charge in [0.15, 0.2) is 5.65 Å². The second-order valence-electron chi connectivity index (χ2n) is 7.78. The van der Waals surface area contributed by atoms with Crippen molar-refractivity contribution in [3.05, 3.63) is 16.6 Å². The molecule has 9 heteroatoms. The number of esters is 1. The van der Waals surface area contributed by atoms with Gasteiger partial charge in [-0.3, -0.25) is 19.5 Å². The molecule has 1 aliphatic heterocycles. The molecule has 0 atom stereocenters. The molecule has 1 N–H and O–H groups in total. The number of ether oxygens (including phenoxy) is 1. The van der Waals surface area contributed by atoms with E-state index in [0.29, 0.717) is 43.2 Å². The number of fused-ring (bicyclic) bond motifs is 1. The summed E-state index contributed by atoms with van der Waals surface area (Å²) < 4.78 is 6.82. The van der Waals surface area contributed by atoms with E-state index in [0.717, 1.165) is 19.5 Å². The molecule has 0 aliphatic carbocycles. The number of hydrogen-bond acceptors (Lipinski definition) is 7. The van der Waals surface area contributed by atoms with E-state index >= 15 is 0 Å². The summed E-state index contributed by atoms with van der Waals surface area (Å²) in [6, 6.07) is 0. The third kappa shape index (κ3) is 4.29. The molecule has 0 amide bonds. The molecule has 2 aromatic rings. The van der Waals surface area contributed by atoms with Crippen LogP contribution in [0.5, 0.6) is 0 Å². The number of hydrogen-bond donors (Lipinski definition) is 1. The van der Waals surface area contributed by atoms with Gasteiger partial charge in [0.1, 0.15) is 5.39 Å². The highest BCUT2D eigenvalue weighted by Gasteiger charge is 2.23. The smallest absolute Gasteiger partial charge is 0.320 e. The first-order chi connectivity index (χ1) is 12.8. The minimum Gasteiger partial charge on any atom is -0.465 e. The zero-order valence-corrected chi connectivity index (χ0v) is 16.5. The van der Waals surface area contributed by atoms with Crippen molar-refractivity contribution < 1.29 is 9.53 Å². The summed E-state index contributed by atoms with van der Waals surface area (Å²) in [5, 5.41) is 4.84. The fraction of sp³-hybridized carbons (Fsp3) is 0.667. The summed E-state index contributed by atoms with van der Waals surface area (Å²) in [6.07, 6.45) is 2.44. The number of aromatic amines is 1. The van der Waals surface area contributed by atoms with Gasteiger partial charge in [-0.25, -0.2) is 4.68 Å². The lowest BCUT2D eigenvalue weighted by Gasteiger charge is -2.23. The highest BCUT2D eigenvalue weighted by molar-refractivity contribution is 5.75. The predicted molar refractivity (Wildman–Crippen MR) is 103 cm³/mol. The van der Waals surface area contributed by atoms with Gasteiger partial charge in [0.2, 0.25) is 5.95 Å². The van der Waals surface area contributed by atoms with Crippen molar-refractivity contribution in [2.75, 3.05) is 44.2 Å². The number of carbonyl (C=O) groups excluding carboxylic acids is 1. The second kappa shape index (κ2) is 7.67. The Bertz CT molecular complexity index is 866. The lowest BCUT2D eigenvalue weighted by atomic mass is 10.1. The van der Waals surface area contributed by atoms with Crippen molar-refractivity contribution in [1.29, 1.82) is 0 Å². The lowest BCUT2D eigenvalue weighted by Crippen LogP contribution is -2.35. The Labute approximate surface area is 158 Å². The Hall–Kier alpha value is -2.42. The van der Waals surface area contributed by atoms with Gasteiger partial charge in [-0.15, -0.1) is 0 Å². The van der Waals surface area contributed by atoms with E-state index in [9.17, 15) is 9.59 Å². The zero-order valence-electron chi connectivity index (χ0n) is 16.5. The van der Waals surface area contributed by atoms with Gasteiger partial charge in [0.25, 0.3) is 5.56 Å². The minimum absolute atomic E-state index is 0.182. The molecule has 0 saturated carbocycles. The fourth-order valence-corrected chi connectivity index (χ4v) is 3.28. The Morgan fingerprint density at radius 3 is 2.74 bits per heavy atom. The van der Waals surface area contributed by atoms with Crippen LogP contribution in [-0.4, -0.2) is 69.9 Å². The zero-order chi connectivity index (χ0) is 19.6. The fourth-order valence-electron chi connectivity index (χ4n) is 3.28. The van der Waals surface area contributed by atoms with Crippen LogP contribution >= 0.6 is 0 Å². The molecule has 9 nitrogen and oxygen atoms in total. The van der Waals surface area contributed by atoms with E-state index in [1.807, 2.05) is 27.7 Å². The highest BCUT2D eigenvalue weighted by Crippen LogP contribution is 2.20. The van der Waals surface area contributed by atoms with Crippen molar-refractivity contribution in [2.45, 2.75) is 39.7 Å². The van der Waals surface area contributed by atoms with Crippen LogP contribution in [0.2, 0.25) is 0 Å². The van der Waals surface area contributed by atoms with Gasteiger partial charge in [-0.05, 0) is 34.1 Å². The number of nitrogens with zero attached hydrogens (tertiary/aromatic N) is 5. The molecule has 0 radical (unpaired) electrons. The van der Waals surface area contributed by atoms with Gasteiger partial charge in [0, 0.05) is 26.2 Å². The molecule has 27 heavy (non-hydrogen) atoms. The predicted octanol–water partition coefficient (Wildman–Crippen LogP) is 0.950. The van der Waals surface area contributed by atoms with Crippen molar-refractivity contribution in [3.63, 3.8) is 0 Å².